The molecule has 1 rings (SSSR count). The minimum atomic E-state index is 0.467. The molecule has 1 aromatic rings. The lowest BCUT2D eigenvalue weighted by Crippen LogP contribution is -2.26. The number of hydrogen-bond donors (Lipinski definition) is 0. The smallest absolute Gasteiger partial charge is 0.128 e. The number of anilines is 1. The molecule has 3 heteroatoms. The summed E-state index contributed by atoms with van der Waals surface area (Å²) in [4.78, 5) is 6.44. The molecule has 13 heavy (non-hydrogen) atoms. The van der Waals surface area contributed by atoms with E-state index in [0.717, 1.165) is 11.4 Å². The summed E-state index contributed by atoms with van der Waals surface area (Å²) in [6, 6.07) is 4.47. The standard InChI is InChI=1S/C10H15ClN2/c1-8(2)13(3)10-5-4-9(6-11)7-12-10/h4-5,7-8H,6H2,1-3H3. The summed E-state index contributed by atoms with van der Waals surface area (Å²) in [6.45, 7) is 4.27. The zero-order valence-electron chi connectivity index (χ0n) is 8.29. The van der Waals surface area contributed by atoms with Crippen molar-refractivity contribution in [1.82, 2.24) is 4.98 Å². The van der Waals surface area contributed by atoms with Crippen LogP contribution >= 0.6 is 11.6 Å². The summed E-state index contributed by atoms with van der Waals surface area (Å²) in [5, 5.41) is 0. The molecule has 0 atom stereocenters. The third-order valence-electron chi connectivity index (χ3n) is 2.10. The SMILES string of the molecule is CC(C)N(C)c1ccc(CCl)cn1. The number of aromatic nitrogens is 1. The fourth-order valence-corrected chi connectivity index (χ4v) is 1.13. The average molecular weight is 199 g/mol. The van der Waals surface area contributed by atoms with Gasteiger partial charge in [-0.2, -0.15) is 0 Å². The highest BCUT2D eigenvalue weighted by Crippen LogP contribution is 2.12. The quantitative estimate of drug-likeness (QED) is 0.695. The molecule has 0 N–H and O–H groups in total. The van der Waals surface area contributed by atoms with Crippen LogP contribution in [0.5, 0.6) is 0 Å². The van der Waals surface area contributed by atoms with Gasteiger partial charge >= 0.3 is 0 Å². The second-order valence-corrected chi connectivity index (χ2v) is 3.63. The average Bonchev–Trinajstić information content (AvgIpc) is 2.17. The minimum absolute atomic E-state index is 0.467. The van der Waals surface area contributed by atoms with Gasteiger partial charge in [0, 0.05) is 25.2 Å². The molecular formula is C10H15ClN2. The molecule has 0 spiro atoms. The van der Waals surface area contributed by atoms with Crippen molar-refractivity contribution in [2.75, 3.05) is 11.9 Å². The minimum Gasteiger partial charge on any atom is -0.357 e. The number of nitrogens with zero attached hydrogens (tertiary/aromatic N) is 2. The van der Waals surface area contributed by atoms with Gasteiger partial charge in [0.25, 0.3) is 0 Å². The maximum Gasteiger partial charge on any atom is 0.128 e. The molecule has 0 saturated carbocycles. The Morgan fingerprint density at radius 3 is 2.54 bits per heavy atom. The largest absolute Gasteiger partial charge is 0.357 e. The summed E-state index contributed by atoms with van der Waals surface area (Å²) in [5.74, 6) is 1.52. The third kappa shape index (κ3) is 2.59. The lowest BCUT2D eigenvalue weighted by Gasteiger charge is -2.22. The van der Waals surface area contributed by atoms with Crippen molar-refractivity contribution < 1.29 is 0 Å². The zero-order chi connectivity index (χ0) is 9.84. The number of pyridine rings is 1. The van der Waals surface area contributed by atoms with Gasteiger partial charge in [-0.15, -0.1) is 11.6 Å². The molecule has 0 radical (unpaired) electrons. The van der Waals surface area contributed by atoms with Gasteiger partial charge in [-0.25, -0.2) is 4.98 Å². The number of hydrogen-bond acceptors (Lipinski definition) is 2. The Hall–Kier alpha value is -0.760. The number of rotatable bonds is 3. The molecule has 1 heterocycles. The van der Waals surface area contributed by atoms with Crippen LogP contribution in [0.2, 0.25) is 0 Å². The highest BCUT2D eigenvalue weighted by molar-refractivity contribution is 6.17. The predicted octanol–water partition coefficient (Wildman–Crippen LogP) is 2.67. The Kier molecular flexibility index (Phi) is 3.55. The van der Waals surface area contributed by atoms with Gasteiger partial charge < -0.3 is 4.90 Å². The van der Waals surface area contributed by atoms with Crippen molar-refractivity contribution >= 4 is 17.4 Å². The predicted molar refractivity (Wildman–Crippen MR) is 57.3 cm³/mol. The van der Waals surface area contributed by atoms with Crippen LogP contribution in [-0.2, 0) is 5.88 Å². The van der Waals surface area contributed by atoms with Gasteiger partial charge in [-0.05, 0) is 25.5 Å². The number of alkyl halides is 1. The maximum absolute atomic E-state index is 5.67. The molecule has 0 aliphatic heterocycles. The van der Waals surface area contributed by atoms with E-state index in [1.54, 1.807) is 0 Å². The molecule has 2 nitrogen and oxygen atoms in total. The normalized spacial score (nSPS) is 10.5. The topological polar surface area (TPSA) is 16.1 Å². The first kappa shape index (κ1) is 10.3. The summed E-state index contributed by atoms with van der Waals surface area (Å²) in [7, 11) is 2.04. The van der Waals surface area contributed by atoms with E-state index in [-0.39, 0.29) is 0 Å². The first-order chi connectivity index (χ1) is 6.15. The van der Waals surface area contributed by atoms with E-state index < -0.39 is 0 Å². The van der Waals surface area contributed by atoms with Crippen molar-refractivity contribution in [3.05, 3.63) is 23.9 Å². The van der Waals surface area contributed by atoms with Crippen LogP contribution in [0.15, 0.2) is 18.3 Å². The lowest BCUT2D eigenvalue weighted by atomic mass is 10.3. The van der Waals surface area contributed by atoms with Crippen molar-refractivity contribution in [3.63, 3.8) is 0 Å². The molecule has 1 aromatic heterocycles. The highest BCUT2D eigenvalue weighted by atomic mass is 35.5. The van der Waals surface area contributed by atoms with Crippen LogP contribution in [-0.4, -0.2) is 18.1 Å². The first-order valence-corrected chi connectivity index (χ1v) is 4.92. The van der Waals surface area contributed by atoms with Gasteiger partial charge in [-0.1, -0.05) is 6.07 Å². The van der Waals surface area contributed by atoms with E-state index in [1.807, 2.05) is 25.4 Å². The fourth-order valence-electron chi connectivity index (χ4n) is 0.969. The molecule has 0 aliphatic carbocycles. The van der Waals surface area contributed by atoms with Crippen molar-refractivity contribution in [2.24, 2.45) is 0 Å². The van der Waals surface area contributed by atoms with Gasteiger partial charge in [-0.3, -0.25) is 0 Å². The Balaban J connectivity index is 2.79. The zero-order valence-corrected chi connectivity index (χ0v) is 9.04. The summed E-state index contributed by atoms with van der Waals surface area (Å²) < 4.78 is 0. The maximum atomic E-state index is 5.67. The van der Waals surface area contributed by atoms with Gasteiger partial charge in [0.15, 0.2) is 0 Å². The Morgan fingerprint density at radius 2 is 2.15 bits per heavy atom. The van der Waals surface area contributed by atoms with E-state index >= 15 is 0 Å². The van der Waals surface area contributed by atoms with Crippen molar-refractivity contribution in [1.29, 1.82) is 0 Å². The first-order valence-electron chi connectivity index (χ1n) is 4.39. The van der Waals surface area contributed by atoms with Crippen molar-refractivity contribution in [2.45, 2.75) is 25.8 Å². The number of halogens is 1. The van der Waals surface area contributed by atoms with Crippen LogP contribution in [0.4, 0.5) is 5.82 Å². The molecule has 0 fully saturated rings. The summed E-state index contributed by atoms with van der Waals surface area (Å²) in [5.41, 5.74) is 1.06. The second kappa shape index (κ2) is 4.47. The molecule has 0 amide bonds. The van der Waals surface area contributed by atoms with E-state index in [4.69, 9.17) is 11.6 Å². The van der Waals surface area contributed by atoms with Crippen LogP contribution in [0.1, 0.15) is 19.4 Å². The molecular weight excluding hydrogens is 184 g/mol. The van der Waals surface area contributed by atoms with E-state index in [2.05, 4.69) is 23.7 Å². The monoisotopic (exact) mass is 198 g/mol. The van der Waals surface area contributed by atoms with E-state index in [1.165, 1.54) is 0 Å². The molecule has 72 valence electrons. The van der Waals surface area contributed by atoms with Crippen LogP contribution in [0, 0.1) is 0 Å². The van der Waals surface area contributed by atoms with E-state index in [0.29, 0.717) is 11.9 Å². The van der Waals surface area contributed by atoms with Gasteiger partial charge in [0.1, 0.15) is 5.82 Å². The highest BCUT2D eigenvalue weighted by Gasteiger charge is 2.04. The second-order valence-electron chi connectivity index (χ2n) is 3.36. The molecule has 0 aromatic carbocycles. The lowest BCUT2D eigenvalue weighted by molar-refractivity contribution is 0.743. The molecule has 0 bridgehead atoms. The molecule has 0 unspecified atom stereocenters. The Labute approximate surface area is 84.5 Å². The van der Waals surface area contributed by atoms with Gasteiger partial charge in [0.2, 0.25) is 0 Å². The van der Waals surface area contributed by atoms with E-state index in [9.17, 15) is 0 Å². The fraction of sp³-hybridized carbons (Fsp3) is 0.500. The van der Waals surface area contributed by atoms with Crippen LogP contribution in [0.3, 0.4) is 0 Å². The van der Waals surface area contributed by atoms with Crippen LogP contribution < -0.4 is 4.90 Å². The summed E-state index contributed by atoms with van der Waals surface area (Å²) >= 11 is 5.67. The third-order valence-corrected chi connectivity index (χ3v) is 2.41. The Bertz CT molecular complexity index is 256. The summed E-state index contributed by atoms with van der Waals surface area (Å²) in [6.07, 6.45) is 1.82. The van der Waals surface area contributed by atoms with Gasteiger partial charge in [0.05, 0.1) is 0 Å². The van der Waals surface area contributed by atoms with Crippen LogP contribution in [0.25, 0.3) is 0 Å². The molecule has 0 aliphatic rings. The Morgan fingerprint density at radius 1 is 1.46 bits per heavy atom. The molecule has 0 saturated heterocycles. The van der Waals surface area contributed by atoms with Crippen molar-refractivity contribution in [3.8, 4) is 0 Å².